The molecular weight excluding hydrogens is 174 g/mol. The molecule has 0 radical (unpaired) electrons. The third kappa shape index (κ3) is 2.97. The molecule has 1 aliphatic heterocycles. The van der Waals surface area contributed by atoms with Crippen LogP contribution in [0.15, 0.2) is 0 Å². The number of likely N-dealkylation sites (tertiary alicyclic amines) is 1. The standard InChI is InChI=1S/C11H21N3/c1-9(5-12)7-14-4-3-10(2)11(6-13)8-14/h9-11H,3-4,6-8,13H2,1-2H3. The number of piperidine rings is 1. The van der Waals surface area contributed by atoms with Gasteiger partial charge in [-0.15, -0.1) is 0 Å². The van der Waals surface area contributed by atoms with Crippen LogP contribution in [0, 0.1) is 29.1 Å². The fourth-order valence-corrected chi connectivity index (χ4v) is 2.13. The van der Waals surface area contributed by atoms with Gasteiger partial charge >= 0.3 is 0 Å². The molecule has 3 unspecified atom stereocenters. The molecule has 1 aliphatic rings. The molecule has 0 aromatic heterocycles. The van der Waals surface area contributed by atoms with Crippen LogP contribution in [0.25, 0.3) is 0 Å². The van der Waals surface area contributed by atoms with E-state index in [0.29, 0.717) is 5.92 Å². The van der Waals surface area contributed by atoms with Gasteiger partial charge in [-0.05, 0) is 38.3 Å². The van der Waals surface area contributed by atoms with E-state index in [-0.39, 0.29) is 5.92 Å². The molecule has 80 valence electrons. The Morgan fingerprint density at radius 2 is 2.36 bits per heavy atom. The quantitative estimate of drug-likeness (QED) is 0.732. The zero-order valence-electron chi connectivity index (χ0n) is 9.24. The second-order valence-electron chi connectivity index (χ2n) is 4.55. The Morgan fingerprint density at radius 3 is 2.93 bits per heavy atom. The maximum Gasteiger partial charge on any atom is 0.0666 e. The van der Waals surface area contributed by atoms with Gasteiger partial charge in [0, 0.05) is 13.1 Å². The van der Waals surface area contributed by atoms with Crippen molar-refractivity contribution in [3.63, 3.8) is 0 Å². The minimum atomic E-state index is 0.141. The molecule has 1 rings (SSSR count). The molecule has 0 aliphatic carbocycles. The number of nitrogens with zero attached hydrogens (tertiary/aromatic N) is 2. The van der Waals surface area contributed by atoms with Crippen molar-refractivity contribution in [1.82, 2.24) is 4.90 Å². The summed E-state index contributed by atoms with van der Waals surface area (Å²) in [5.74, 6) is 1.50. The monoisotopic (exact) mass is 195 g/mol. The molecule has 0 aromatic rings. The van der Waals surface area contributed by atoms with Gasteiger partial charge in [0.15, 0.2) is 0 Å². The molecule has 0 amide bonds. The summed E-state index contributed by atoms with van der Waals surface area (Å²) < 4.78 is 0. The summed E-state index contributed by atoms with van der Waals surface area (Å²) in [6, 6.07) is 2.28. The molecular formula is C11H21N3. The van der Waals surface area contributed by atoms with Crippen molar-refractivity contribution in [2.45, 2.75) is 20.3 Å². The topological polar surface area (TPSA) is 53.0 Å². The molecule has 0 spiro atoms. The zero-order valence-corrected chi connectivity index (χ0v) is 9.24. The molecule has 3 nitrogen and oxygen atoms in total. The van der Waals surface area contributed by atoms with E-state index in [4.69, 9.17) is 11.0 Å². The van der Waals surface area contributed by atoms with Crippen molar-refractivity contribution < 1.29 is 0 Å². The third-order valence-electron chi connectivity index (χ3n) is 3.25. The van der Waals surface area contributed by atoms with Crippen molar-refractivity contribution >= 4 is 0 Å². The first-order chi connectivity index (χ1) is 6.67. The van der Waals surface area contributed by atoms with Crippen molar-refractivity contribution in [2.24, 2.45) is 23.5 Å². The van der Waals surface area contributed by atoms with Crippen LogP contribution in [0.4, 0.5) is 0 Å². The smallest absolute Gasteiger partial charge is 0.0666 e. The molecule has 3 heteroatoms. The SMILES string of the molecule is CC(C#N)CN1CCC(C)C(CN)C1. The number of hydrogen-bond donors (Lipinski definition) is 1. The van der Waals surface area contributed by atoms with Gasteiger partial charge in [0.05, 0.1) is 12.0 Å². The zero-order chi connectivity index (χ0) is 10.6. The first-order valence-corrected chi connectivity index (χ1v) is 5.49. The predicted molar refractivity (Wildman–Crippen MR) is 57.5 cm³/mol. The summed E-state index contributed by atoms with van der Waals surface area (Å²) in [6.07, 6.45) is 1.22. The van der Waals surface area contributed by atoms with Gasteiger partial charge in [-0.2, -0.15) is 5.26 Å². The molecule has 0 saturated carbocycles. The van der Waals surface area contributed by atoms with Crippen LogP contribution in [0.3, 0.4) is 0 Å². The second-order valence-corrected chi connectivity index (χ2v) is 4.55. The molecule has 0 bridgehead atoms. The summed E-state index contributed by atoms with van der Waals surface area (Å²) >= 11 is 0. The molecule has 3 atom stereocenters. The van der Waals surface area contributed by atoms with Gasteiger partial charge in [-0.1, -0.05) is 6.92 Å². The van der Waals surface area contributed by atoms with Crippen molar-refractivity contribution in [3.05, 3.63) is 0 Å². The lowest BCUT2D eigenvalue weighted by atomic mass is 9.87. The summed E-state index contributed by atoms with van der Waals surface area (Å²) in [5, 5.41) is 8.74. The van der Waals surface area contributed by atoms with Gasteiger partial charge < -0.3 is 10.6 Å². The summed E-state index contributed by atoms with van der Waals surface area (Å²) in [4.78, 5) is 2.38. The van der Waals surface area contributed by atoms with E-state index in [2.05, 4.69) is 17.9 Å². The van der Waals surface area contributed by atoms with E-state index in [1.807, 2.05) is 6.92 Å². The van der Waals surface area contributed by atoms with Gasteiger partial charge in [0.1, 0.15) is 0 Å². The van der Waals surface area contributed by atoms with Crippen LogP contribution in [-0.2, 0) is 0 Å². The van der Waals surface area contributed by atoms with Crippen molar-refractivity contribution in [3.8, 4) is 6.07 Å². The summed E-state index contributed by atoms with van der Waals surface area (Å²) in [6.45, 7) is 8.14. The highest BCUT2D eigenvalue weighted by atomic mass is 15.1. The van der Waals surface area contributed by atoms with Gasteiger partial charge in [-0.25, -0.2) is 0 Å². The van der Waals surface area contributed by atoms with Crippen LogP contribution in [0.5, 0.6) is 0 Å². The lowest BCUT2D eigenvalue weighted by Gasteiger charge is -2.36. The van der Waals surface area contributed by atoms with Gasteiger partial charge in [0.2, 0.25) is 0 Å². The highest BCUT2D eigenvalue weighted by Gasteiger charge is 2.25. The van der Waals surface area contributed by atoms with Crippen LogP contribution in [0.2, 0.25) is 0 Å². The van der Waals surface area contributed by atoms with Crippen LogP contribution in [-0.4, -0.2) is 31.1 Å². The molecule has 1 heterocycles. The van der Waals surface area contributed by atoms with E-state index in [9.17, 15) is 0 Å². The number of rotatable bonds is 3. The first kappa shape index (κ1) is 11.5. The average molecular weight is 195 g/mol. The summed E-state index contributed by atoms with van der Waals surface area (Å²) in [7, 11) is 0. The Morgan fingerprint density at radius 1 is 1.64 bits per heavy atom. The Kier molecular flexibility index (Phi) is 4.37. The molecule has 1 saturated heterocycles. The summed E-state index contributed by atoms with van der Waals surface area (Å²) in [5.41, 5.74) is 5.73. The van der Waals surface area contributed by atoms with Crippen LogP contribution < -0.4 is 5.73 Å². The molecule has 0 aromatic carbocycles. The fourth-order valence-electron chi connectivity index (χ4n) is 2.13. The number of nitriles is 1. The van der Waals surface area contributed by atoms with Gasteiger partial charge in [0.25, 0.3) is 0 Å². The minimum Gasteiger partial charge on any atom is -0.330 e. The fraction of sp³-hybridized carbons (Fsp3) is 0.909. The largest absolute Gasteiger partial charge is 0.330 e. The van der Waals surface area contributed by atoms with E-state index in [0.717, 1.165) is 32.1 Å². The van der Waals surface area contributed by atoms with E-state index < -0.39 is 0 Å². The second kappa shape index (κ2) is 5.33. The Bertz CT molecular complexity index is 209. The lowest BCUT2D eigenvalue weighted by Crippen LogP contribution is -2.44. The van der Waals surface area contributed by atoms with Crippen molar-refractivity contribution in [1.29, 1.82) is 5.26 Å². The van der Waals surface area contributed by atoms with Crippen LogP contribution >= 0.6 is 0 Å². The maximum absolute atomic E-state index is 8.74. The Hall–Kier alpha value is -0.590. The van der Waals surface area contributed by atoms with Gasteiger partial charge in [-0.3, -0.25) is 0 Å². The third-order valence-corrected chi connectivity index (χ3v) is 3.25. The van der Waals surface area contributed by atoms with Crippen LogP contribution in [0.1, 0.15) is 20.3 Å². The highest BCUT2D eigenvalue weighted by molar-refractivity contribution is 4.85. The molecule has 2 N–H and O–H groups in total. The molecule has 14 heavy (non-hydrogen) atoms. The Balaban J connectivity index is 2.39. The maximum atomic E-state index is 8.74. The minimum absolute atomic E-state index is 0.141. The number of nitrogens with two attached hydrogens (primary N) is 1. The van der Waals surface area contributed by atoms with E-state index in [1.54, 1.807) is 0 Å². The highest BCUT2D eigenvalue weighted by Crippen LogP contribution is 2.22. The van der Waals surface area contributed by atoms with E-state index in [1.165, 1.54) is 6.42 Å². The Labute approximate surface area is 86.9 Å². The lowest BCUT2D eigenvalue weighted by molar-refractivity contribution is 0.125. The number of hydrogen-bond acceptors (Lipinski definition) is 3. The average Bonchev–Trinajstić information content (AvgIpc) is 2.20. The first-order valence-electron chi connectivity index (χ1n) is 5.49. The van der Waals surface area contributed by atoms with Crippen molar-refractivity contribution in [2.75, 3.05) is 26.2 Å². The van der Waals surface area contributed by atoms with E-state index >= 15 is 0 Å². The predicted octanol–water partition coefficient (Wildman–Crippen LogP) is 1.06. The normalized spacial score (nSPS) is 31.0. The molecule has 1 fully saturated rings.